The summed E-state index contributed by atoms with van der Waals surface area (Å²) in [6, 6.07) is 5.92. The summed E-state index contributed by atoms with van der Waals surface area (Å²) in [6.07, 6.45) is 6.61. The van der Waals surface area contributed by atoms with Gasteiger partial charge < -0.3 is 14.4 Å². The lowest BCUT2D eigenvalue weighted by Gasteiger charge is -2.34. The van der Waals surface area contributed by atoms with E-state index < -0.39 is 0 Å². The highest BCUT2D eigenvalue weighted by Crippen LogP contribution is 2.15. The van der Waals surface area contributed by atoms with Crippen LogP contribution in [0, 0.1) is 0 Å². The predicted octanol–water partition coefficient (Wildman–Crippen LogP) is 0.890. The van der Waals surface area contributed by atoms with E-state index in [-0.39, 0.29) is 11.8 Å². The molecule has 4 rings (SSSR count). The summed E-state index contributed by atoms with van der Waals surface area (Å²) in [7, 11) is 1.95. The summed E-state index contributed by atoms with van der Waals surface area (Å²) in [5.74, 6) is -0.0762. The van der Waals surface area contributed by atoms with Crippen LogP contribution in [0.5, 0.6) is 0 Å². The second-order valence-electron chi connectivity index (χ2n) is 6.62. The second kappa shape index (κ2) is 7.14. The van der Waals surface area contributed by atoms with Gasteiger partial charge in [0.05, 0.1) is 30.0 Å². The number of hydrogen-bond donors (Lipinski definition) is 0. The number of hydrogen-bond acceptors (Lipinski definition) is 5. The van der Waals surface area contributed by atoms with Gasteiger partial charge in [0.25, 0.3) is 5.91 Å². The largest absolute Gasteiger partial charge is 0.339 e. The molecule has 8 heteroatoms. The summed E-state index contributed by atoms with van der Waals surface area (Å²) >= 11 is 0. The van der Waals surface area contributed by atoms with Crippen molar-refractivity contribution in [3.05, 3.63) is 54.4 Å². The van der Waals surface area contributed by atoms with Gasteiger partial charge in [-0.3, -0.25) is 14.6 Å². The van der Waals surface area contributed by atoms with Crippen molar-refractivity contribution in [2.75, 3.05) is 26.2 Å². The van der Waals surface area contributed by atoms with Crippen LogP contribution in [0.1, 0.15) is 16.1 Å². The van der Waals surface area contributed by atoms with Gasteiger partial charge in [0, 0.05) is 45.6 Å². The molecule has 0 N–H and O–H groups in total. The van der Waals surface area contributed by atoms with E-state index in [1.54, 1.807) is 11.2 Å². The van der Waals surface area contributed by atoms with Crippen LogP contribution in [0.4, 0.5) is 0 Å². The van der Waals surface area contributed by atoms with E-state index in [9.17, 15) is 9.59 Å². The predicted molar refractivity (Wildman–Crippen MR) is 98.9 cm³/mol. The van der Waals surface area contributed by atoms with Gasteiger partial charge in [-0.25, -0.2) is 9.97 Å². The summed E-state index contributed by atoms with van der Waals surface area (Å²) in [6.45, 7) is 2.05. The number of carbonyl (C=O) groups excluding carboxylic acids is 2. The Hall–Kier alpha value is -3.29. The smallest absolute Gasteiger partial charge is 0.274 e. The molecule has 1 saturated heterocycles. The van der Waals surface area contributed by atoms with E-state index in [2.05, 4.69) is 15.0 Å². The first-order chi connectivity index (χ1) is 13.1. The summed E-state index contributed by atoms with van der Waals surface area (Å²) in [5.41, 5.74) is 3.22. The van der Waals surface area contributed by atoms with Crippen LogP contribution in [0.2, 0.25) is 0 Å². The third kappa shape index (κ3) is 3.51. The van der Waals surface area contributed by atoms with Crippen molar-refractivity contribution in [2.24, 2.45) is 7.05 Å². The molecule has 2 amide bonds. The Kier molecular flexibility index (Phi) is 4.53. The Labute approximate surface area is 156 Å². The maximum atomic E-state index is 12.6. The summed E-state index contributed by atoms with van der Waals surface area (Å²) in [4.78, 5) is 40.9. The quantitative estimate of drug-likeness (QED) is 0.689. The van der Waals surface area contributed by atoms with Crippen LogP contribution in [0.25, 0.3) is 11.0 Å². The molecule has 0 atom stereocenters. The third-order valence-corrected chi connectivity index (χ3v) is 4.85. The van der Waals surface area contributed by atoms with E-state index >= 15 is 0 Å². The number of fused-ring (bicyclic) bond motifs is 1. The second-order valence-corrected chi connectivity index (χ2v) is 6.62. The number of imidazole rings is 1. The molecule has 2 aromatic heterocycles. The zero-order valence-corrected chi connectivity index (χ0v) is 15.1. The monoisotopic (exact) mass is 364 g/mol. The van der Waals surface area contributed by atoms with Gasteiger partial charge in [-0.15, -0.1) is 0 Å². The third-order valence-electron chi connectivity index (χ3n) is 4.85. The fourth-order valence-corrected chi connectivity index (χ4v) is 3.31. The molecule has 0 radical (unpaired) electrons. The Morgan fingerprint density at radius 3 is 2.56 bits per heavy atom. The highest BCUT2D eigenvalue weighted by Gasteiger charge is 2.25. The first kappa shape index (κ1) is 17.1. The molecule has 1 fully saturated rings. The molecule has 8 nitrogen and oxygen atoms in total. The maximum absolute atomic E-state index is 12.6. The van der Waals surface area contributed by atoms with Gasteiger partial charge in [0.2, 0.25) is 5.91 Å². The minimum atomic E-state index is -0.143. The molecule has 138 valence electrons. The van der Waals surface area contributed by atoms with E-state index in [0.717, 1.165) is 16.6 Å². The van der Waals surface area contributed by atoms with Gasteiger partial charge in [-0.05, 0) is 17.7 Å². The van der Waals surface area contributed by atoms with Crippen molar-refractivity contribution >= 4 is 22.8 Å². The average Bonchev–Trinajstić information content (AvgIpc) is 3.08. The van der Waals surface area contributed by atoms with E-state index in [0.29, 0.717) is 38.3 Å². The van der Waals surface area contributed by atoms with Crippen molar-refractivity contribution in [2.45, 2.75) is 6.42 Å². The van der Waals surface area contributed by atoms with Crippen molar-refractivity contribution in [3.63, 3.8) is 0 Å². The van der Waals surface area contributed by atoms with E-state index in [1.165, 1.54) is 18.6 Å². The molecule has 0 saturated carbocycles. The molecule has 27 heavy (non-hydrogen) atoms. The number of amides is 2. The van der Waals surface area contributed by atoms with Gasteiger partial charge in [-0.2, -0.15) is 0 Å². The summed E-state index contributed by atoms with van der Waals surface area (Å²) in [5, 5.41) is 0. The molecule has 0 aliphatic carbocycles. The Bertz CT molecular complexity index is 976. The molecule has 1 aliphatic rings. The van der Waals surface area contributed by atoms with Crippen molar-refractivity contribution < 1.29 is 9.59 Å². The maximum Gasteiger partial charge on any atom is 0.274 e. The van der Waals surface area contributed by atoms with Crippen LogP contribution in [0.15, 0.2) is 43.1 Å². The number of aryl methyl sites for hydroxylation is 1. The normalized spacial score (nSPS) is 14.6. The fraction of sp³-hybridized carbons (Fsp3) is 0.316. The molecular formula is C19H20N6O2. The van der Waals surface area contributed by atoms with Gasteiger partial charge in [0.15, 0.2) is 0 Å². The van der Waals surface area contributed by atoms with E-state index in [1.807, 2.05) is 34.7 Å². The Balaban J connectivity index is 1.36. The number of carbonyl (C=O) groups is 2. The minimum absolute atomic E-state index is 0.0666. The zero-order chi connectivity index (χ0) is 18.8. The van der Waals surface area contributed by atoms with Crippen LogP contribution >= 0.6 is 0 Å². The molecule has 0 spiro atoms. The highest BCUT2D eigenvalue weighted by molar-refractivity contribution is 5.92. The lowest BCUT2D eigenvalue weighted by molar-refractivity contribution is -0.131. The SMILES string of the molecule is Cn1cnc2cc(CC(=O)N3CCN(C(=O)c4cnccn4)CC3)ccc21. The first-order valence-electron chi connectivity index (χ1n) is 8.85. The number of piperazine rings is 1. The van der Waals surface area contributed by atoms with Crippen LogP contribution in [-0.2, 0) is 18.3 Å². The van der Waals surface area contributed by atoms with Crippen LogP contribution in [0.3, 0.4) is 0 Å². The number of nitrogens with zero attached hydrogens (tertiary/aromatic N) is 6. The zero-order valence-electron chi connectivity index (χ0n) is 15.1. The standard InChI is InChI=1S/C19H20N6O2/c1-23-13-22-15-10-14(2-3-17(15)23)11-18(26)24-6-8-25(9-7-24)19(27)16-12-20-4-5-21-16/h2-5,10,12-13H,6-9,11H2,1H3. The van der Waals surface area contributed by atoms with Crippen molar-refractivity contribution in [1.82, 2.24) is 29.3 Å². The molecule has 1 aliphatic heterocycles. The Morgan fingerprint density at radius 1 is 1.04 bits per heavy atom. The molecule has 1 aromatic carbocycles. The lowest BCUT2D eigenvalue weighted by Crippen LogP contribution is -2.51. The first-order valence-corrected chi connectivity index (χ1v) is 8.85. The lowest BCUT2D eigenvalue weighted by atomic mass is 10.1. The van der Waals surface area contributed by atoms with Gasteiger partial charge in [-0.1, -0.05) is 6.07 Å². The van der Waals surface area contributed by atoms with Crippen molar-refractivity contribution in [3.8, 4) is 0 Å². The molecule has 3 heterocycles. The topological polar surface area (TPSA) is 84.2 Å². The molecular weight excluding hydrogens is 344 g/mol. The minimum Gasteiger partial charge on any atom is -0.339 e. The number of aromatic nitrogens is 4. The number of benzene rings is 1. The molecule has 0 unspecified atom stereocenters. The van der Waals surface area contributed by atoms with Crippen LogP contribution < -0.4 is 0 Å². The van der Waals surface area contributed by atoms with E-state index in [4.69, 9.17) is 0 Å². The highest BCUT2D eigenvalue weighted by atomic mass is 16.2. The number of rotatable bonds is 3. The molecule has 3 aromatic rings. The van der Waals surface area contributed by atoms with Crippen molar-refractivity contribution in [1.29, 1.82) is 0 Å². The fourth-order valence-electron chi connectivity index (χ4n) is 3.31. The average molecular weight is 364 g/mol. The van der Waals surface area contributed by atoms with Gasteiger partial charge in [0.1, 0.15) is 5.69 Å². The Morgan fingerprint density at radius 2 is 1.81 bits per heavy atom. The summed E-state index contributed by atoms with van der Waals surface area (Å²) < 4.78 is 1.95. The molecule has 0 bridgehead atoms. The van der Waals surface area contributed by atoms with Crippen LogP contribution in [-0.4, -0.2) is 67.3 Å². The van der Waals surface area contributed by atoms with Gasteiger partial charge >= 0.3 is 0 Å².